The van der Waals surface area contributed by atoms with Crippen molar-refractivity contribution in [3.63, 3.8) is 0 Å². The number of fused-ring (bicyclic) bond motifs is 1. The number of hydrogen-bond donors (Lipinski definition) is 0. The van der Waals surface area contributed by atoms with Crippen LogP contribution >= 0.6 is 0 Å². The first-order chi connectivity index (χ1) is 13.7. The Kier molecular flexibility index (Phi) is 5.72. The van der Waals surface area contributed by atoms with E-state index in [1.807, 2.05) is 11.9 Å². The minimum absolute atomic E-state index is 0.0607. The molecule has 5 heteroatoms. The first-order valence-electron chi connectivity index (χ1n) is 10.5. The van der Waals surface area contributed by atoms with Crippen molar-refractivity contribution in [1.29, 1.82) is 0 Å². The summed E-state index contributed by atoms with van der Waals surface area (Å²) < 4.78 is 0. The first-order valence-corrected chi connectivity index (χ1v) is 10.5. The smallest absolute Gasteiger partial charge is 0.257 e. The minimum Gasteiger partial charge on any atom is -0.337 e. The quantitative estimate of drug-likeness (QED) is 0.802. The van der Waals surface area contributed by atoms with Crippen LogP contribution in [0.15, 0.2) is 36.8 Å². The van der Waals surface area contributed by atoms with Crippen LogP contribution in [0.2, 0.25) is 0 Å². The van der Waals surface area contributed by atoms with Crippen molar-refractivity contribution in [2.24, 2.45) is 0 Å². The number of amides is 1. The summed E-state index contributed by atoms with van der Waals surface area (Å²) in [5.74, 6) is 0.0607. The molecule has 0 spiro atoms. The van der Waals surface area contributed by atoms with Crippen LogP contribution in [0.4, 0.5) is 0 Å². The van der Waals surface area contributed by atoms with Crippen molar-refractivity contribution < 1.29 is 4.79 Å². The third-order valence-electron chi connectivity index (χ3n) is 6.35. The molecule has 0 bridgehead atoms. The molecule has 5 nitrogen and oxygen atoms in total. The van der Waals surface area contributed by atoms with Gasteiger partial charge in [-0.05, 0) is 49.8 Å². The van der Waals surface area contributed by atoms with E-state index in [2.05, 4.69) is 46.1 Å². The van der Waals surface area contributed by atoms with Crippen molar-refractivity contribution in [2.75, 3.05) is 20.1 Å². The monoisotopic (exact) mass is 378 g/mol. The summed E-state index contributed by atoms with van der Waals surface area (Å²) >= 11 is 0. The topological polar surface area (TPSA) is 49.3 Å². The second kappa shape index (κ2) is 8.39. The zero-order valence-electron chi connectivity index (χ0n) is 17.0. The molecule has 2 aromatic rings. The lowest BCUT2D eigenvalue weighted by molar-refractivity contribution is 0.0553. The van der Waals surface area contributed by atoms with Gasteiger partial charge in [-0.25, -0.2) is 9.97 Å². The minimum atomic E-state index is 0.0607. The number of likely N-dealkylation sites (tertiary alicyclic amines) is 1. The van der Waals surface area contributed by atoms with E-state index in [-0.39, 0.29) is 11.9 Å². The zero-order valence-corrected chi connectivity index (χ0v) is 17.0. The third-order valence-corrected chi connectivity index (χ3v) is 6.35. The van der Waals surface area contributed by atoms with Gasteiger partial charge in [-0.3, -0.25) is 9.69 Å². The van der Waals surface area contributed by atoms with Gasteiger partial charge >= 0.3 is 0 Å². The van der Waals surface area contributed by atoms with Crippen LogP contribution in [0.5, 0.6) is 0 Å². The summed E-state index contributed by atoms with van der Waals surface area (Å²) in [5.41, 5.74) is 4.51. The average Bonchev–Trinajstić information content (AvgIpc) is 3.18. The Morgan fingerprint density at radius 2 is 2.00 bits per heavy atom. The van der Waals surface area contributed by atoms with Crippen molar-refractivity contribution in [3.8, 4) is 0 Å². The van der Waals surface area contributed by atoms with E-state index >= 15 is 0 Å². The molecule has 1 aromatic carbocycles. The Labute approximate surface area is 167 Å². The normalized spacial score (nSPS) is 20.1. The fourth-order valence-corrected chi connectivity index (χ4v) is 4.75. The molecule has 28 heavy (non-hydrogen) atoms. The largest absolute Gasteiger partial charge is 0.337 e. The van der Waals surface area contributed by atoms with Gasteiger partial charge < -0.3 is 4.90 Å². The molecule has 1 aromatic heterocycles. The van der Waals surface area contributed by atoms with Gasteiger partial charge in [0.1, 0.15) is 6.33 Å². The summed E-state index contributed by atoms with van der Waals surface area (Å²) in [6.07, 6.45) is 9.49. The van der Waals surface area contributed by atoms with Gasteiger partial charge in [-0.1, -0.05) is 37.6 Å². The molecule has 0 radical (unpaired) electrons. The van der Waals surface area contributed by atoms with E-state index in [1.54, 1.807) is 12.5 Å². The lowest BCUT2D eigenvalue weighted by atomic mass is 10.00. The third kappa shape index (κ3) is 3.81. The van der Waals surface area contributed by atoms with E-state index < -0.39 is 0 Å². The van der Waals surface area contributed by atoms with Crippen LogP contribution in [0, 0.1) is 0 Å². The number of carbonyl (C=O) groups excluding carboxylic acids is 1. The number of aromatic nitrogens is 2. The number of piperidine rings is 1. The highest BCUT2D eigenvalue weighted by Gasteiger charge is 2.33. The molecule has 1 saturated heterocycles. The predicted octanol–water partition coefficient (Wildman–Crippen LogP) is 3.13. The number of hydrogen-bond acceptors (Lipinski definition) is 4. The maximum Gasteiger partial charge on any atom is 0.257 e. The molecule has 0 saturated carbocycles. The van der Waals surface area contributed by atoms with Gasteiger partial charge in [-0.15, -0.1) is 0 Å². The molecule has 0 unspecified atom stereocenters. The predicted molar refractivity (Wildman–Crippen MR) is 110 cm³/mol. The molecule has 148 valence electrons. The van der Waals surface area contributed by atoms with E-state index in [1.165, 1.54) is 11.1 Å². The number of carbonyl (C=O) groups is 1. The van der Waals surface area contributed by atoms with E-state index in [0.29, 0.717) is 11.6 Å². The highest BCUT2D eigenvalue weighted by Crippen LogP contribution is 2.28. The number of benzene rings is 1. The summed E-state index contributed by atoms with van der Waals surface area (Å²) in [6.45, 7) is 4.20. The lowest BCUT2D eigenvalue weighted by Crippen LogP contribution is -2.52. The Hall–Kier alpha value is -2.27. The van der Waals surface area contributed by atoms with Gasteiger partial charge in [0.15, 0.2) is 0 Å². The van der Waals surface area contributed by atoms with Gasteiger partial charge in [0, 0.05) is 31.9 Å². The molecule has 0 N–H and O–H groups in total. The van der Waals surface area contributed by atoms with Crippen LogP contribution in [-0.4, -0.2) is 57.9 Å². The van der Waals surface area contributed by atoms with Gasteiger partial charge in [0.05, 0.1) is 11.3 Å². The highest BCUT2D eigenvalue weighted by atomic mass is 16.2. The molecule has 1 fully saturated rings. The van der Waals surface area contributed by atoms with Crippen LogP contribution in [0.3, 0.4) is 0 Å². The van der Waals surface area contributed by atoms with Crippen molar-refractivity contribution in [1.82, 2.24) is 19.8 Å². The Morgan fingerprint density at radius 1 is 1.25 bits per heavy atom. The number of nitrogens with zero attached hydrogens (tertiary/aromatic N) is 4. The summed E-state index contributed by atoms with van der Waals surface area (Å²) in [5, 5.41) is 0. The van der Waals surface area contributed by atoms with Crippen molar-refractivity contribution in [3.05, 3.63) is 59.2 Å². The van der Waals surface area contributed by atoms with E-state index in [9.17, 15) is 4.79 Å². The molecule has 2 heterocycles. The first kappa shape index (κ1) is 19.1. The number of likely N-dealkylation sites (N-methyl/N-ethyl adjacent to an activating group) is 1. The molecule has 1 atom stereocenters. The molecule has 1 amide bonds. The molecule has 2 aliphatic rings. The highest BCUT2D eigenvalue weighted by molar-refractivity contribution is 5.95. The van der Waals surface area contributed by atoms with E-state index in [4.69, 9.17) is 0 Å². The van der Waals surface area contributed by atoms with Gasteiger partial charge in [-0.2, -0.15) is 0 Å². The second-order valence-electron chi connectivity index (χ2n) is 8.17. The van der Waals surface area contributed by atoms with Crippen LogP contribution in [0.1, 0.15) is 53.4 Å². The lowest BCUT2D eigenvalue weighted by Gasteiger charge is -2.40. The SMILES string of the molecule is CCCc1ncncc1C(=O)N(C)[C@@H]1CCCN(C2Cc3ccccc3C2)C1. The van der Waals surface area contributed by atoms with Gasteiger partial charge in [0.2, 0.25) is 0 Å². The Bertz CT molecular complexity index is 812. The summed E-state index contributed by atoms with van der Waals surface area (Å²) in [7, 11) is 1.95. The molecule has 1 aliphatic carbocycles. The fraction of sp³-hybridized carbons (Fsp3) is 0.522. The van der Waals surface area contributed by atoms with Crippen LogP contribution in [0.25, 0.3) is 0 Å². The van der Waals surface area contributed by atoms with Gasteiger partial charge in [0.25, 0.3) is 5.91 Å². The zero-order chi connectivity index (χ0) is 19.5. The van der Waals surface area contributed by atoms with Crippen molar-refractivity contribution in [2.45, 2.75) is 57.5 Å². The standard InChI is InChI=1S/C23H30N4O/c1-3-7-22-21(14-24-16-25-22)23(28)26(2)19-10-6-11-27(15-19)20-12-17-8-4-5-9-18(17)13-20/h4-5,8-9,14,16,19-20H,3,6-7,10-13,15H2,1-2H3/t19-/m1/s1. The van der Waals surface area contributed by atoms with Crippen LogP contribution in [-0.2, 0) is 19.3 Å². The molecule has 4 rings (SSSR count). The molecular formula is C23H30N4O. The Balaban J connectivity index is 1.44. The van der Waals surface area contributed by atoms with Crippen molar-refractivity contribution >= 4 is 5.91 Å². The molecular weight excluding hydrogens is 348 g/mol. The number of rotatable bonds is 5. The molecule has 1 aliphatic heterocycles. The maximum absolute atomic E-state index is 13.2. The number of aryl methyl sites for hydroxylation is 1. The van der Waals surface area contributed by atoms with Crippen LogP contribution < -0.4 is 0 Å². The fourth-order valence-electron chi connectivity index (χ4n) is 4.75. The summed E-state index contributed by atoms with van der Waals surface area (Å²) in [4.78, 5) is 26.2. The Morgan fingerprint density at radius 3 is 2.71 bits per heavy atom. The van der Waals surface area contributed by atoms with E-state index in [0.717, 1.165) is 57.3 Å². The summed E-state index contributed by atoms with van der Waals surface area (Å²) in [6, 6.07) is 9.62. The maximum atomic E-state index is 13.2. The second-order valence-corrected chi connectivity index (χ2v) is 8.17. The average molecular weight is 379 g/mol.